The van der Waals surface area contributed by atoms with Crippen molar-refractivity contribution < 1.29 is 0 Å². The zero-order chi connectivity index (χ0) is 13.8. The van der Waals surface area contributed by atoms with Gasteiger partial charge in [0.05, 0.1) is 0 Å². The molecule has 0 heterocycles. The molecule has 0 amide bonds. The Balaban J connectivity index is 2.31. The van der Waals surface area contributed by atoms with Gasteiger partial charge in [-0.05, 0) is 41.7 Å². The molecule has 0 aromatic heterocycles. The minimum atomic E-state index is 0.505. The fourth-order valence-electron chi connectivity index (χ4n) is 2.21. The molecule has 2 aromatic carbocycles. The molecule has 0 saturated carbocycles. The molecular weight excluding hydrogens is 232 g/mol. The van der Waals surface area contributed by atoms with Crippen molar-refractivity contribution in [3.63, 3.8) is 0 Å². The van der Waals surface area contributed by atoms with Crippen LogP contribution in [0.1, 0.15) is 36.5 Å². The Morgan fingerprint density at radius 1 is 1.05 bits per heavy atom. The van der Waals surface area contributed by atoms with Crippen LogP contribution in [0.3, 0.4) is 0 Å². The van der Waals surface area contributed by atoms with E-state index in [1.165, 1.54) is 16.8 Å². The van der Waals surface area contributed by atoms with Crippen LogP contribution in [0, 0.1) is 6.92 Å². The average Bonchev–Trinajstić information content (AvgIpc) is 2.41. The lowest BCUT2D eigenvalue weighted by Crippen LogP contribution is -2.01. The van der Waals surface area contributed by atoms with E-state index in [9.17, 15) is 0 Å². The van der Waals surface area contributed by atoms with E-state index in [2.05, 4.69) is 68.6 Å². The second kappa shape index (κ2) is 5.89. The summed E-state index contributed by atoms with van der Waals surface area (Å²) in [5, 5.41) is 3.53. The maximum Gasteiger partial charge on any atom is 0.0449 e. The Bertz CT molecular complexity index is 542. The third kappa shape index (κ3) is 3.15. The number of benzene rings is 2. The van der Waals surface area contributed by atoms with Gasteiger partial charge in [-0.25, -0.2) is 0 Å². The number of hydrogen-bond acceptors (Lipinski definition) is 2. The van der Waals surface area contributed by atoms with Gasteiger partial charge in [-0.3, -0.25) is 0 Å². The van der Waals surface area contributed by atoms with Gasteiger partial charge in [-0.2, -0.15) is 0 Å². The second-order valence-corrected chi connectivity index (χ2v) is 5.22. The number of anilines is 2. The molecule has 100 valence electrons. The monoisotopic (exact) mass is 254 g/mol. The van der Waals surface area contributed by atoms with Crippen molar-refractivity contribution in [3.8, 4) is 0 Å². The van der Waals surface area contributed by atoms with Gasteiger partial charge in [-0.15, -0.1) is 0 Å². The van der Waals surface area contributed by atoms with Gasteiger partial charge < -0.3 is 11.1 Å². The van der Waals surface area contributed by atoms with E-state index in [4.69, 9.17) is 5.73 Å². The van der Waals surface area contributed by atoms with Gasteiger partial charge >= 0.3 is 0 Å². The summed E-state index contributed by atoms with van der Waals surface area (Å²) in [7, 11) is 0. The molecule has 3 N–H and O–H groups in total. The van der Waals surface area contributed by atoms with Gasteiger partial charge in [0.2, 0.25) is 0 Å². The first-order valence-corrected chi connectivity index (χ1v) is 6.77. The second-order valence-electron chi connectivity index (χ2n) is 5.22. The summed E-state index contributed by atoms with van der Waals surface area (Å²) in [6, 6.07) is 14.7. The molecule has 0 fully saturated rings. The molecule has 2 aromatic rings. The fourth-order valence-corrected chi connectivity index (χ4v) is 2.21. The van der Waals surface area contributed by atoms with Crippen LogP contribution in [0.2, 0.25) is 0 Å². The lowest BCUT2D eigenvalue weighted by Gasteiger charge is -2.17. The third-order valence-corrected chi connectivity index (χ3v) is 3.39. The highest BCUT2D eigenvalue weighted by Crippen LogP contribution is 2.30. The first-order chi connectivity index (χ1) is 9.11. The standard InChI is InChI=1S/C17H22N2/c1-12(2)16-6-4-5-13(3)17(16)19-15-9-7-14(11-18)8-10-15/h4-10,12,19H,11,18H2,1-3H3. The normalized spacial score (nSPS) is 10.8. The quantitative estimate of drug-likeness (QED) is 0.852. The van der Waals surface area contributed by atoms with Crippen molar-refractivity contribution in [2.75, 3.05) is 5.32 Å². The van der Waals surface area contributed by atoms with Crippen LogP contribution in [0.5, 0.6) is 0 Å². The predicted molar refractivity (Wildman–Crippen MR) is 82.9 cm³/mol. The Hall–Kier alpha value is -1.80. The summed E-state index contributed by atoms with van der Waals surface area (Å²) >= 11 is 0. The van der Waals surface area contributed by atoms with Crippen LogP contribution < -0.4 is 11.1 Å². The minimum absolute atomic E-state index is 0.505. The highest BCUT2D eigenvalue weighted by molar-refractivity contribution is 5.67. The molecule has 0 radical (unpaired) electrons. The van der Waals surface area contributed by atoms with E-state index in [1.807, 2.05) is 0 Å². The van der Waals surface area contributed by atoms with Crippen molar-refractivity contribution in [1.82, 2.24) is 0 Å². The highest BCUT2D eigenvalue weighted by Gasteiger charge is 2.08. The highest BCUT2D eigenvalue weighted by atomic mass is 14.9. The van der Waals surface area contributed by atoms with Gasteiger partial charge in [0, 0.05) is 17.9 Å². The van der Waals surface area contributed by atoms with E-state index >= 15 is 0 Å². The first-order valence-electron chi connectivity index (χ1n) is 6.77. The molecule has 0 unspecified atom stereocenters. The van der Waals surface area contributed by atoms with Crippen molar-refractivity contribution in [1.29, 1.82) is 0 Å². The molecule has 0 bridgehead atoms. The first kappa shape index (κ1) is 13.6. The maximum absolute atomic E-state index is 5.62. The van der Waals surface area contributed by atoms with E-state index in [-0.39, 0.29) is 0 Å². The van der Waals surface area contributed by atoms with Crippen LogP contribution in [-0.2, 0) is 6.54 Å². The molecule has 0 spiro atoms. The summed E-state index contributed by atoms with van der Waals surface area (Å²) in [6.45, 7) is 7.17. The van der Waals surface area contributed by atoms with E-state index < -0.39 is 0 Å². The largest absolute Gasteiger partial charge is 0.355 e. The van der Waals surface area contributed by atoms with E-state index in [0.29, 0.717) is 12.5 Å². The molecule has 2 nitrogen and oxygen atoms in total. The predicted octanol–water partition coefficient (Wildman–Crippen LogP) is 4.32. The maximum atomic E-state index is 5.62. The lowest BCUT2D eigenvalue weighted by atomic mass is 9.98. The van der Waals surface area contributed by atoms with Crippen molar-refractivity contribution in [3.05, 3.63) is 59.2 Å². The van der Waals surface area contributed by atoms with Crippen LogP contribution in [0.15, 0.2) is 42.5 Å². The number of nitrogens with one attached hydrogen (secondary N) is 1. The summed E-state index contributed by atoms with van der Waals surface area (Å²) in [5.41, 5.74) is 11.7. The lowest BCUT2D eigenvalue weighted by molar-refractivity contribution is 0.867. The minimum Gasteiger partial charge on any atom is -0.355 e. The van der Waals surface area contributed by atoms with Crippen molar-refractivity contribution in [2.45, 2.75) is 33.2 Å². The van der Waals surface area contributed by atoms with Gasteiger partial charge in [0.15, 0.2) is 0 Å². The average molecular weight is 254 g/mol. The zero-order valence-electron chi connectivity index (χ0n) is 11.9. The third-order valence-electron chi connectivity index (χ3n) is 3.39. The van der Waals surface area contributed by atoms with E-state index in [1.54, 1.807) is 0 Å². The van der Waals surface area contributed by atoms with Crippen LogP contribution in [-0.4, -0.2) is 0 Å². The van der Waals surface area contributed by atoms with E-state index in [0.717, 1.165) is 11.3 Å². The van der Waals surface area contributed by atoms with Gasteiger partial charge in [-0.1, -0.05) is 44.2 Å². The van der Waals surface area contributed by atoms with Crippen molar-refractivity contribution >= 4 is 11.4 Å². The molecule has 2 rings (SSSR count). The Morgan fingerprint density at radius 2 is 1.74 bits per heavy atom. The molecule has 0 aliphatic rings. The number of aryl methyl sites for hydroxylation is 1. The Morgan fingerprint density at radius 3 is 2.32 bits per heavy atom. The molecular formula is C17H22N2. The molecule has 2 heteroatoms. The van der Waals surface area contributed by atoms with Crippen LogP contribution in [0.25, 0.3) is 0 Å². The summed E-state index contributed by atoms with van der Waals surface area (Å²) in [6.07, 6.45) is 0. The number of hydrogen-bond donors (Lipinski definition) is 2. The summed E-state index contributed by atoms with van der Waals surface area (Å²) < 4.78 is 0. The van der Waals surface area contributed by atoms with Crippen LogP contribution in [0.4, 0.5) is 11.4 Å². The van der Waals surface area contributed by atoms with Crippen LogP contribution >= 0.6 is 0 Å². The number of rotatable bonds is 4. The fraction of sp³-hybridized carbons (Fsp3) is 0.294. The van der Waals surface area contributed by atoms with Crippen molar-refractivity contribution in [2.24, 2.45) is 5.73 Å². The SMILES string of the molecule is Cc1cccc(C(C)C)c1Nc1ccc(CN)cc1. The number of nitrogens with two attached hydrogens (primary N) is 1. The Labute approximate surface area is 115 Å². The Kier molecular flexibility index (Phi) is 4.23. The van der Waals surface area contributed by atoms with Gasteiger partial charge in [0.1, 0.15) is 0 Å². The molecule has 19 heavy (non-hydrogen) atoms. The zero-order valence-corrected chi connectivity index (χ0v) is 11.9. The molecule has 0 aliphatic carbocycles. The molecule has 0 atom stereocenters. The molecule has 0 saturated heterocycles. The van der Waals surface area contributed by atoms with Gasteiger partial charge in [0.25, 0.3) is 0 Å². The smallest absolute Gasteiger partial charge is 0.0449 e. The summed E-state index contributed by atoms with van der Waals surface area (Å²) in [4.78, 5) is 0. The molecule has 0 aliphatic heterocycles. The topological polar surface area (TPSA) is 38.0 Å². The number of para-hydroxylation sites is 1. The summed E-state index contributed by atoms with van der Waals surface area (Å²) in [5.74, 6) is 0.505.